The molecule has 0 aliphatic heterocycles. The van der Waals surface area contributed by atoms with E-state index in [1.165, 1.54) is 0 Å². The molecular weight excluding hydrogens is 232 g/mol. The summed E-state index contributed by atoms with van der Waals surface area (Å²) in [6.07, 6.45) is 1.91. The van der Waals surface area contributed by atoms with Crippen molar-refractivity contribution in [2.24, 2.45) is 10.9 Å². The van der Waals surface area contributed by atoms with Gasteiger partial charge in [-0.15, -0.1) is 0 Å². The van der Waals surface area contributed by atoms with Gasteiger partial charge in [-0.1, -0.05) is 11.2 Å². The van der Waals surface area contributed by atoms with Gasteiger partial charge in [0.05, 0.1) is 0 Å². The molecule has 0 saturated carbocycles. The lowest BCUT2D eigenvalue weighted by Crippen LogP contribution is -2.39. The molecule has 6 nitrogen and oxygen atoms in total. The summed E-state index contributed by atoms with van der Waals surface area (Å²) in [4.78, 5) is 17.9. The molecule has 0 unspecified atom stereocenters. The fourth-order valence-corrected chi connectivity index (χ4v) is 1.52. The Morgan fingerprint density at radius 1 is 1.56 bits per heavy atom. The Kier molecular flexibility index (Phi) is 5.10. The molecule has 1 amide bonds. The highest BCUT2D eigenvalue weighted by Crippen LogP contribution is 2.07. The Morgan fingerprint density at radius 2 is 2.28 bits per heavy atom. The van der Waals surface area contributed by atoms with E-state index in [1.54, 1.807) is 29.3 Å². The molecule has 0 aliphatic carbocycles. The molecule has 0 bridgehead atoms. The summed E-state index contributed by atoms with van der Waals surface area (Å²) >= 11 is 0. The quantitative estimate of drug-likeness (QED) is 0.354. The Hall–Kier alpha value is -2.11. The molecule has 0 aromatic carbocycles. The van der Waals surface area contributed by atoms with E-state index in [9.17, 15) is 4.79 Å². The Morgan fingerprint density at radius 3 is 2.78 bits per heavy atom. The van der Waals surface area contributed by atoms with Gasteiger partial charge < -0.3 is 15.8 Å². The van der Waals surface area contributed by atoms with Crippen molar-refractivity contribution >= 4 is 11.7 Å². The van der Waals surface area contributed by atoms with Crippen LogP contribution in [0, 0.1) is 0 Å². The monoisotopic (exact) mass is 250 g/mol. The van der Waals surface area contributed by atoms with Crippen molar-refractivity contribution in [3.8, 4) is 0 Å². The van der Waals surface area contributed by atoms with Crippen molar-refractivity contribution in [3.05, 3.63) is 30.1 Å². The fraction of sp³-hybridized carbons (Fsp3) is 0.417. The zero-order valence-electron chi connectivity index (χ0n) is 10.6. The number of pyridine rings is 1. The minimum atomic E-state index is -0.156. The zero-order valence-corrected chi connectivity index (χ0v) is 10.6. The molecule has 1 aromatic heterocycles. The summed E-state index contributed by atoms with van der Waals surface area (Å²) in [5.41, 5.74) is 5.80. The maximum absolute atomic E-state index is 12.2. The van der Waals surface area contributed by atoms with E-state index >= 15 is 0 Å². The first-order chi connectivity index (χ1) is 8.56. The molecular formula is C12H18N4O2. The van der Waals surface area contributed by atoms with Crippen molar-refractivity contribution in [3.63, 3.8) is 0 Å². The van der Waals surface area contributed by atoms with Crippen LogP contribution in [0.2, 0.25) is 0 Å². The summed E-state index contributed by atoms with van der Waals surface area (Å²) in [6, 6.07) is 5.21. The van der Waals surface area contributed by atoms with Gasteiger partial charge in [0, 0.05) is 25.2 Å². The van der Waals surface area contributed by atoms with Gasteiger partial charge in [-0.25, -0.2) is 0 Å². The maximum Gasteiger partial charge on any atom is 0.272 e. The van der Waals surface area contributed by atoms with Crippen molar-refractivity contribution in [1.82, 2.24) is 9.88 Å². The van der Waals surface area contributed by atoms with Crippen LogP contribution in [0.1, 0.15) is 30.8 Å². The molecule has 1 rings (SSSR count). The van der Waals surface area contributed by atoms with Gasteiger partial charge in [0.15, 0.2) is 0 Å². The van der Waals surface area contributed by atoms with Crippen LogP contribution in [0.25, 0.3) is 0 Å². The first-order valence-corrected chi connectivity index (χ1v) is 5.74. The number of carbonyl (C=O) groups excluding carboxylic acids is 1. The Balaban J connectivity index is 2.76. The van der Waals surface area contributed by atoms with Crippen LogP contribution in [0.3, 0.4) is 0 Å². The Bertz CT molecular complexity index is 417. The number of amides is 1. The summed E-state index contributed by atoms with van der Waals surface area (Å²) in [6.45, 7) is 4.21. The third-order valence-corrected chi connectivity index (χ3v) is 2.51. The molecule has 0 fully saturated rings. The van der Waals surface area contributed by atoms with Crippen molar-refractivity contribution in [2.45, 2.75) is 26.3 Å². The smallest absolute Gasteiger partial charge is 0.272 e. The number of oxime groups is 1. The van der Waals surface area contributed by atoms with Crippen LogP contribution in [0.4, 0.5) is 0 Å². The van der Waals surface area contributed by atoms with Gasteiger partial charge in [0.25, 0.3) is 5.91 Å². The van der Waals surface area contributed by atoms with Crippen molar-refractivity contribution in [2.75, 3.05) is 6.54 Å². The second-order valence-electron chi connectivity index (χ2n) is 4.15. The number of rotatable bonds is 5. The molecule has 0 aliphatic rings. The third kappa shape index (κ3) is 3.73. The Labute approximate surface area is 106 Å². The number of nitrogens with two attached hydrogens (primary N) is 1. The molecule has 0 saturated heterocycles. The van der Waals surface area contributed by atoms with Gasteiger partial charge >= 0.3 is 0 Å². The van der Waals surface area contributed by atoms with Crippen LogP contribution >= 0.6 is 0 Å². The highest BCUT2D eigenvalue weighted by molar-refractivity contribution is 5.92. The van der Waals surface area contributed by atoms with Gasteiger partial charge in [-0.05, 0) is 26.0 Å². The van der Waals surface area contributed by atoms with Crippen molar-refractivity contribution < 1.29 is 10.0 Å². The first-order valence-electron chi connectivity index (χ1n) is 5.74. The van der Waals surface area contributed by atoms with E-state index < -0.39 is 0 Å². The predicted molar refractivity (Wildman–Crippen MR) is 68.4 cm³/mol. The summed E-state index contributed by atoms with van der Waals surface area (Å²) in [5.74, 6) is -0.0502. The van der Waals surface area contributed by atoms with Crippen LogP contribution in [0.5, 0.6) is 0 Å². The molecule has 0 spiro atoms. The van der Waals surface area contributed by atoms with Gasteiger partial charge in [0.1, 0.15) is 11.5 Å². The van der Waals surface area contributed by atoms with Crippen LogP contribution < -0.4 is 5.73 Å². The topological polar surface area (TPSA) is 91.8 Å². The molecule has 0 atom stereocenters. The largest absolute Gasteiger partial charge is 0.409 e. The van der Waals surface area contributed by atoms with Crippen LogP contribution in [-0.2, 0) is 0 Å². The highest BCUT2D eigenvalue weighted by atomic mass is 16.4. The highest BCUT2D eigenvalue weighted by Gasteiger charge is 2.19. The standard InChI is InChI=1S/C12H18N4O2/c1-9(2)16(8-6-11(13)15-18)12(17)10-5-3-4-7-14-10/h3-5,7,9,18H,6,8H2,1-2H3,(H2,13,15). The number of amidine groups is 1. The van der Waals surface area contributed by atoms with E-state index in [0.29, 0.717) is 18.7 Å². The van der Waals surface area contributed by atoms with Crippen molar-refractivity contribution in [1.29, 1.82) is 0 Å². The lowest BCUT2D eigenvalue weighted by Gasteiger charge is -2.26. The van der Waals surface area contributed by atoms with Gasteiger partial charge in [-0.3, -0.25) is 9.78 Å². The molecule has 0 radical (unpaired) electrons. The molecule has 18 heavy (non-hydrogen) atoms. The number of hydrogen-bond acceptors (Lipinski definition) is 4. The van der Waals surface area contributed by atoms with E-state index in [2.05, 4.69) is 10.1 Å². The van der Waals surface area contributed by atoms with E-state index in [1.807, 2.05) is 13.8 Å². The predicted octanol–water partition coefficient (Wildman–Crippen LogP) is 1.07. The minimum absolute atomic E-state index is 0.0194. The summed E-state index contributed by atoms with van der Waals surface area (Å²) in [7, 11) is 0. The molecule has 1 aromatic rings. The number of nitrogens with zero attached hydrogens (tertiary/aromatic N) is 3. The summed E-state index contributed by atoms with van der Waals surface area (Å²) in [5, 5.41) is 11.4. The number of carbonyl (C=O) groups is 1. The minimum Gasteiger partial charge on any atom is -0.409 e. The van der Waals surface area contributed by atoms with E-state index in [0.717, 1.165) is 0 Å². The second kappa shape index (κ2) is 6.58. The van der Waals surface area contributed by atoms with Gasteiger partial charge in [-0.2, -0.15) is 0 Å². The molecule has 3 N–H and O–H groups in total. The average molecular weight is 250 g/mol. The van der Waals surface area contributed by atoms with E-state index in [-0.39, 0.29) is 17.8 Å². The van der Waals surface area contributed by atoms with Crippen LogP contribution in [0.15, 0.2) is 29.6 Å². The second-order valence-corrected chi connectivity index (χ2v) is 4.15. The third-order valence-electron chi connectivity index (χ3n) is 2.51. The SMILES string of the molecule is CC(C)N(CC/C(N)=N/O)C(=O)c1ccccn1. The van der Waals surface area contributed by atoms with Gasteiger partial charge in [0.2, 0.25) is 0 Å². The lowest BCUT2D eigenvalue weighted by molar-refractivity contribution is 0.0705. The molecule has 98 valence electrons. The maximum atomic E-state index is 12.2. The summed E-state index contributed by atoms with van der Waals surface area (Å²) < 4.78 is 0. The fourth-order valence-electron chi connectivity index (χ4n) is 1.52. The van der Waals surface area contributed by atoms with Crippen LogP contribution in [-0.4, -0.2) is 39.4 Å². The van der Waals surface area contributed by atoms with E-state index in [4.69, 9.17) is 10.9 Å². The normalized spacial score (nSPS) is 11.6. The zero-order chi connectivity index (χ0) is 13.5. The molecule has 1 heterocycles. The number of aromatic nitrogens is 1. The number of hydrogen-bond donors (Lipinski definition) is 2. The molecule has 6 heteroatoms. The average Bonchev–Trinajstić information content (AvgIpc) is 2.39. The first kappa shape index (κ1) is 14.0. The lowest BCUT2D eigenvalue weighted by atomic mass is 10.2.